The fourth-order valence-electron chi connectivity index (χ4n) is 1.79. The Kier molecular flexibility index (Phi) is 5.87. The second-order valence-electron chi connectivity index (χ2n) is 4.58. The van der Waals surface area contributed by atoms with Crippen LogP contribution in [0.1, 0.15) is 39.5 Å². The minimum Gasteiger partial charge on any atom is -0.446 e. The van der Waals surface area contributed by atoms with Gasteiger partial charge in [-0.05, 0) is 26.7 Å². The van der Waals surface area contributed by atoms with Gasteiger partial charge >= 0.3 is 16.3 Å². The van der Waals surface area contributed by atoms with Crippen LogP contribution in [0.5, 0.6) is 0 Å². The van der Waals surface area contributed by atoms with Crippen molar-refractivity contribution in [1.82, 2.24) is 9.44 Å². The van der Waals surface area contributed by atoms with Crippen molar-refractivity contribution in [2.45, 2.75) is 56.5 Å². The lowest BCUT2D eigenvalue weighted by Crippen LogP contribution is -2.49. The SMILES string of the molecule is CC(C)OC(=O)NS(=O)(=O)NC1CCCCC1Br. The van der Waals surface area contributed by atoms with Gasteiger partial charge in [0, 0.05) is 10.9 Å². The molecule has 0 bridgehead atoms. The molecule has 8 heteroatoms. The third kappa shape index (κ3) is 5.53. The average molecular weight is 343 g/mol. The Morgan fingerprint density at radius 3 is 2.50 bits per heavy atom. The Labute approximate surface area is 116 Å². The van der Waals surface area contributed by atoms with E-state index in [1.807, 2.05) is 4.72 Å². The normalized spacial score (nSPS) is 24.9. The third-order valence-corrected chi connectivity index (χ3v) is 4.69. The molecule has 1 aliphatic carbocycles. The highest BCUT2D eigenvalue weighted by Gasteiger charge is 2.28. The number of ether oxygens (including phenoxy) is 1. The second-order valence-corrected chi connectivity index (χ2v) is 7.21. The molecule has 2 unspecified atom stereocenters. The maximum atomic E-state index is 11.7. The average Bonchev–Trinajstić information content (AvgIpc) is 2.18. The molecular formula is C10H19BrN2O4S. The standard InChI is InChI=1S/C10H19BrN2O4S/c1-7(2)17-10(14)13-18(15,16)12-9-6-4-3-5-8(9)11/h7-9,12H,3-6H2,1-2H3,(H,13,14). The molecule has 1 rings (SSSR count). The Morgan fingerprint density at radius 1 is 1.33 bits per heavy atom. The van der Waals surface area contributed by atoms with Gasteiger partial charge in [-0.25, -0.2) is 9.52 Å². The van der Waals surface area contributed by atoms with Crippen molar-refractivity contribution in [3.05, 3.63) is 0 Å². The number of hydrogen-bond acceptors (Lipinski definition) is 4. The summed E-state index contributed by atoms with van der Waals surface area (Å²) in [5, 5.41) is 0. The van der Waals surface area contributed by atoms with Crippen molar-refractivity contribution in [2.24, 2.45) is 0 Å². The largest absolute Gasteiger partial charge is 0.446 e. The van der Waals surface area contributed by atoms with E-state index in [1.165, 1.54) is 0 Å². The molecule has 1 amide bonds. The van der Waals surface area contributed by atoms with Crippen LogP contribution in [-0.2, 0) is 14.9 Å². The lowest BCUT2D eigenvalue weighted by molar-refractivity contribution is 0.121. The van der Waals surface area contributed by atoms with Gasteiger partial charge in [0.15, 0.2) is 0 Å². The van der Waals surface area contributed by atoms with Crippen LogP contribution in [0.15, 0.2) is 0 Å². The Bertz CT molecular complexity index is 385. The third-order valence-electron chi connectivity index (χ3n) is 2.55. The molecule has 0 saturated heterocycles. The predicted octanol–water partition coefficient (Wildman–Crippen LogP) is 1.66. The number of alkyl halides is 1. The molecule has 0 aromatic heterocycles. The lowest BCUT2D eigenvalue weighted by Gasteiger charge is -2.27. The summed E-state index contributed by atoms with van der Waals surface area (Å²) in [5.41, 5.74) is 0. The fraction of sp³-hybridized carbons (Fsp3) is 0.900. The summed E-state index contributed by atoms with van der Waals surface area (Å²) in [7, 11) is -3.86. The fourth-order valence-corrected chi connectivity index (χ4v) is 3.70. The maximum Gasteiger partial charge on any atom is 0.422 e. The molecular weight excluding hydrogens is 324 g/mol. The number of hydrogen-bond donors (Lipinski definition) is 2. The monoisotopic (exact) mass is 342 g/mol. The number of nitrogens with one attached hydrogen (secondary N) is 2. The summed E-state index contributed by atoms with van der Waals surface area (Å²) < 4.78 is 32.4. The number of carbonyl (C=O) groups excluding carboxylic acids is 1. The van der Waals surface area contributed by atoms with Crippen molar-refractivity contribution in [1.29, 1.82) is 0 Å². The smallest absolute Gasteiger partial charge is 0.422 e. The molecule has 0 spiro atoms. The van der Waals surface area contributed by atoms with Gasteiger partial charge in [-0.3, -0.25) is 0 Å². The van der Waals surface area contributed by atoms with E-state index in [-0.39, 0.29) is 17.0 Å². The van der Waals surface area contributed by atoms with Crippen LogP contribution in [0.2, 0.25) is 0 Å². The van der Waals surface area contributed by atoms with Crippen molar-refractivity contribution in [3.8, 4) is 0 Å². The van der Waals surface area contributed by atoms with E-state index in [0.717, 1.165) is 25.7 Å². The Hall–Kier alpha value is -0.340. The first-order chi connectivity index (χ1) is 8.30. The summed E-state index contributed by atoms with van der Waals surface area (Å²) in [5.74, 6) is 0. The predicted molar refractivity (Wildman–Crippen MR) is 71.8 cm³/mol. The Morgan fingerprint density at radius 2 is 1.94 bits per heavy atom. The van der Waals surface area contributed by atoms with Gasteiger partial charge in [0.05, 0.1) is 6.10 Å². The summed E-state index contributed by atoms with van der Waals surface area (Å²) in [6.07, 6.45) is 2.42. The molecule has 2 atom stereocenters. The summed E-state index contributed by atoms with van der Waals surface area (Å²) in [4.78, 5) is 11.3. The van der Waals surface area contributed by atoms with Gasteiger partial charge < -0.3 is 4.74 Å². The van der Waals surface area contributed by atoms with Crippen LogP contribution < -0.4 is 9.44 Å². The molecule has 106 valence electrons. The first-order valence-corrected chi connectivity index (χ1v) is 8.35. The number of carbonyl (C=O) groups is 1. The molecule has 2 N–H and O–H groups in total. The molecule has 0 heterocycles. The number of amides is 1. The van der Waals surface area contributed by atoms with Crippen molar-refractivity contribution in [2.75, 3.05) is 0 Å². The van der Waals surface area contributed by atoms with Crippen LogP contribution in [0, 0.1) is 0 Å². The second kappa shape index (κ2) is 6.72. The minimum absolute atomic E-state index is 0.101. The summed E-state index contributed by atoms with van der Waals surface area (Å²) >= 11 is 3.44. The van der Waals surface area contributed by atoms with E-state index >= 15 is 0 Å². The minimum atomic E-state index is -3.86. The van der Waals surface area contributed by atoms with E-state index in [1.54, 1.807) is 13.8 Å². The highest BCUT2D eigenvalue weighted by molar-refractivity contribution is 9.09. The first-order valence-electron chi connectivity index (χ1n) is 5.95. The van der Waals surface area contributed by atoms with Crippen LogP contribution in [0.4, 0.5) is 4.79 Å². The molecule has 0 aromatic rings. The van der Waals surface area contributed by atoms with Crippen molar-refractivity contribution in [3.63, 3.8) is 0 Å². The molecule has 1 saturated carbocycles. The van der Waals surface area contributed by atoms with Gasteiger partial charge in [0.2, 0.25) is 0 Å². The number of rotatable bonds is 4. The molecule has 1 aliphatic rings. The summed E-state index contributed by atoms with van der Waals surface area (Å²) in [6.45, 7) is 3.30. The Balaban J connectivity index is 2.51. The van der Waals surface area contributed by atoms with E-state index in [2.05, 4.69) is 20.7 Å². The van der Waals surface area contributed by atoms with E-state index in [0.29, 0.717) is 0 Å². The van der Waals surface area contributed by atoms with Crippen LogP contribution in [-0.4, -0.2) is 31.5 Å². The maximum absolute atomic E-state index is 11.7. The van der Waals surface area contributed by atoms with Crippen LogP contribution >= 0.6 is 15.9 Å². The van der Waals surface area contributed by atoms with Crippen molar-refractivity contribution < 1.29 is 17.9 Å². The van der Waals surface area contributed by atoms with Gasteiger partial charge in [0.25, 0.3) is 0 Å². The lowest BCUT2D eigenvalue weighted by atomic mass is 9.96. The van der Waals surface area contributed by atoms with Crippen molar-refractivity contribution >= 4 is 32.2 Å². The van der Waals surface area contributed by atoms with Gasteiger partial charge in [0.1, 0.15) is 0 Å². The van der Waals surface area contributed by atoms with E-state index in [9.17, 15) is 13.2 Å². The molecule has 1 fully saturated rings. The quantitative estimate of drug-likeness (QED) is 0.761. The summed E-state index contributed by atoms with van der Waals surface area (Å²) in [6, 6.07) is -0.192. The molecule has 0 radical (unpaired) electrons. The molecule has 0 aliphatic heterocycles. The van der Waals surface area contributed by atoms with E-state index in [4.69, 9.17) is 4.74 Å². The first kappa shape index (κ1) is 15.7. The van der Waals surface area contributed by atoms with Crippen LogP contribution in [0.3, 0.4) is 0 Å². The zero-order valence-electron chi connectivity index (χ0n) is 10.5. The highest BCUT2D eigenvalue weighted by Crippen LogP contribution is 2.24. The molecule has 0 aromatic carbocycles. The zero-order chi connectivity index (χ0) is 13.8. The number of halogens is 1. The topological polar surface area (TPSA) is 84.5 Å². The van der Waals surface area contributed by atoms with Gasteiger partial charge in [-0.15, -0.1) is 0 Å². The van der Waals surface area contributed by atoms with E-state index < -0.39 is 16.3 Å². The highest BCUT2D eigenvalue weighted by atomic mass is 79.9. The molecule has 18 heavy (non-hydrogen) atoms. The zero-order valence-corrected chi connectivity index (χ0v) is 12.9. The van der Waals surface area contributed by atoms with Gasteiger partial charge in [-0.2, -0.15) is 13.1 Å². The molecule has 6 nitrogen and oxygen atoms in total. The van der Waals surface area contributed by atoms with Gasteiger partial charge in [-0.1, -0.05) is 28.8 Å². The van der Waals surface area contributed by atoms with Crippen LogP contribution in [0.25, 0.3) is 0 Å².